The molecule has 1 rings (SSSR count). The van der Waals surface area contributed by atoms with Gasteiger partial charge in [0.25, 0.3) is 0 Å². The summed E-state index contributed by atoms with van der Waals surface area (Å²) >= 11 is 0. The second kappa shape index (κ2) is 13.4. The third-order valence-corrected chi connectivity index (χ3v) is 4.11. The van der Waals surface area contributed by atoms with Crippen molar-refractivity contribution in [1.82, 2.24) is 16.0 Å². The Kier molecular flexibility index (Phi) is 11.2. The van der Waals surface area contributed by atoms with Crippen molar-refractivity contribution in [2.24, 2.45) is 0 Å². The Balaban J connectivity index is 2.12. The van der Waals surface area contributed by atoms with E-state index in [0.717, 1.165) is 5.56 Å². The van der Waals surface area contributed by atoms with Gasteiger partial charge in [0.15, 0.2) is 11.5 Å². The van der Waals surface area contributed by atoms with Crippen LogP contribution < -0.4 is 25.4 Å². The first-order valence-corrected chi connectivity index (χ1v) is 10.4. The number of rotatable bonds is 12. The van der Waals surface area contributed by atoms with Crippen molar-refractivity contribution >= 4 is 17.9 Å². The maximum absolute atomic E-state index is 12.0. The van der Waals surface area contributed by atoms with E-state index < -0.39 is 11.7 Å². The number of alkyl carbamates (subject to hydrolysis) is 1. The smallest absolute Gasteiger partial charge is 0.407 e. The summed E-state index contributed by atoms with van der Waals surface area (Å²) in [5, 5.41) is 8.12. The second-order valence-electron chi connectivity index (χ2n) is 7.92. The molecule has 0 unspecified atom stereocenters. The predicted molar refractivity (Wildman–Crippen MR) is 117 cm³/mol. The Morgan fingerprint density at radius 1 is 0.839 bits per heavy atom. The number of nitrogens with one attached hydrogen (secondary N) is 3. The van der Waals surface area contributed by atoms with Gasteiger partial charge in [-0.25, -0.2) is 4.79 Å². The number of carbonyl (C=O) groups excluding carboxylic acids is 3. The maximum Gasteiger partial charge on any atom is 0.407 e. The molecule has 0 atom stereocenters. The number of hydrogen-bond acceptors (Lipinski definition) is 6. The van der Waals surface area contributed by atoms with Gasteiger partial charge in [0.2, 0.25) is 11.8 Å². The van der Waals surface area contributed by atoms with Crippen LogP contribution in [-0.4, -0.2) is 57.4 Å². The van der Waals surface area contributed by atoms with Crippen LogP contribution in [0.5, 0.6) is 11.5 Å². The average Bonchev–Trinajstić information content (AvgIpc) is 2.70. The zero-order chi connectivity index (χ0) is 23.3. The molecule has 3 N–H and O–H groups in total. The number of methoxy groups -OCH3 is 2. The first-order valence-electron chi connectivity index (χ1n) is 10.4. The van der Waals surface area contributed by atoms with Gasteiger partial charge < -0.3 is 30.2 Å². The van der Waals surface area contributed by atoms with Crippen LogP contribution in [0.2, 0.25) is 0 Å². The van der Waals surface area contributed by atoms with Crippen molar-refractivity contribution < 1.29 is 28.6 Å². The molecule has 0 radical (unpaired) electrons. The molecule has 0 heterocycles. The fourth-order valence-electron chi connectivity index (χ4n) is 2.61. The standard InChI is InChI=1S/C22H35N3O6/c1-22(2,3)31-21(28)25-14-11-20(27)24-13-6-12-23-19(26)10-8-16-7-9-17(29-4)18(15-16)30-5/h7,9,15H,6,8,10-14H2,1-5H3,(H,23,26)(H,24,27)(H,25,28). The largest absolute Gasteiger partial charge is 0.493 e. The summed E-state index contributed by atoms with van der Waals surface area (Å²) in [6.07, 6.45) is 1.19. The zero-order valence-corrected chi connectivity index (χ0v) is 19.1. The van der Waals surface area contributed by atoms with Gasteiger partial charge in [0, 0.05) is 32.5 Å². The summed E-state index contributed by atoms with van der Waals surface area (Å²) in [6.45, 7) is 6.44. The molecule has 0 aromatic heterocycles. The Labute approximate surface area is 184 Å². The minimum atomic E-state index is -0.571. The molecule has 0 spiro atoms. The summed E-state index contributed by atoms with van der Waals surface area (Å²) < 4.78 is 15.6. The average molecular weight is 438 g/mol. The molecule has 0 aliphatic carbocycles. The first kappa shape index (κ1) is 26.1. The molecule has 0 saturated carbocycles. The highest BCUT2D eigenvalue weighted by atomic mass is 16.6. The van der Waals surface area contributed by atoms with Crippen molar-refractivity contribution in [2.45, 2.75) is 52.1 Å². The summed E-state index contributed by atoms with van der Waals surface area (Å²) in [5.41, 5.74) is 0.415. The van der Waals surface area contributed by atoms with E-state index in [1.54, 1.807) is 35.0 Å². The lowest BCUT2D eigenvalue weighted by Crippen LogP contribution is -2.35. The van der Waals surface area contributed by atoms with Crippen molar-refractivity contribution in [2.75, 3.05) is 33.9 Å². The fraction of sp³-hybridized carbons (Fsp3) is 0.591. The van der Waals surface area contributed by atoms with Crippen LogP contribution >= 0.6 is 0 Å². The van der Waals surface area contributed by atoms with Gasteiger partial charge in [-0.2, -0.15) is 0 Å². The van der Waals surface area contributed by atoms with Crippen molar-refractivity contribution in [3.63, 3.8) is 0 Å². The van der Waals surface area contributed by atoms with Crippen LogP contribution in [0.15, 0.2) is 18.2 Å². The van der Waals surface area contributed by atoms with Gasteiger partial charge in [-0.05, 0) is 51.3 Å². The molecular formula is C22H35N3O6. The van der Waals surface area contributed by atoms with E-state index in [4.69, 9.17) is 14.2 Å². The molecule has 9 nitrogen and oxygen atoms in total. The molecule has 1 aromatic rings. The molecule has 0 saturated heterocycles. The molecule has 0 bridgehead atoms. The Hall–Kier alpha value is -2.97. The molecule has 9 heteroatoms. The Morgan fingerprint density at radius 3 is 2.03 bits per heavy atom. The van der Waals surface area contributed by atoms with E-state index in [0.29, 0.717) is 43.9 Å². The third kappa shape index (κ3) is 11.7. The van der Waals surface area contributed by atoms with E-state index in [1.165, 1.54) is 0 Å². The van der Waals surface area contributed by atoms with Crippen LogP contribution in [0.4, 0.5) is 4.79 Å². The highest BCUT2D eigenvalue weighted by Crippen LogP contribution is 2.27. The topological polar surface area (TPSA) is 115 Å². The van der Waals surface area contributed by atoms with Crippen LogP contribution in [-0.2, 0) is 20.7 Å². The van der Waals surface area contributed by atoms with Crippen molar-refractivity contribution in [3.8, 4) is 11.5 Å². The summed E-state index contributed by atoms with van der Waals surface area (Å²) in [6, 6.07) is 5.58. The maximum atomic E-state index is 12.0. The number of hydrogen-bond donors (Lipinski definition) is 3. The summed E-state index contributed by atoms with van der Waals surface area (Å²) in [7, 11) is 3.15. The van der Waals surface area contributed by atoms with Gasteiger partial charge >= 0.3 is 6.09 Å². The molecule has 3 amide bonds. The first-order chi connectivity index (χ1) is 14.6. The minimum Gasteiger partial charge on any atom is -0.493 e. The van der Waals surface area contributed by atoms with Crippen molar-refractivity contribution in [3.05, 3.63) is 23.8 Å². The number of carbonyl (C=O) groups is 3. The van der Waals surface area contributed by atoms with E-state index in [1.807, 2.05) is 18.2 Å². The highest BCUT2D eigenvalue weighted by molar-refractivity contribution is 5.77. The van der Waals surface area contributed by atoms with Gasteiger partial charge in [-0.15, -0.1) is 0 Å². The van der Waals surface area contributed by atoms with Gasteiger partial charge in [0.1, 0.15) is 5.60 Å². The normalized spacial score (nSPS) is 10.7. The zero-order valence-electron chi connectivity index (χ0n) is 19.1. The van der Waals surface area contributed by atoms with Crippen LogP contribution in [0.1, 0.15) is 45.6 Å². The van der Waals surface area contributed by atoms with Crippen LogP contribution in [0, 0.1) is 0 Å². The van der Waals surface area contributed by atoms with Crippen LogP contribution in [0.25, 0.3) is 0 Å². The lowest BCUT2D eigenvalue weighted by atomic mass is 10.1. The second-order valence-corrected chi connectivity index (χ2v) is 7.92. The predicted octanol–water partition coefficient (Wildman–Crippen LogP) is 2.17. The number of ether oxygens (including phenoxy) is 3. The molecular weight excluding hydrogens is 402 g/mol. The molecule has 1 aromatic carbocycles. The lowest BCUT2D eigenvalue weighted by Gasteiger charge is -2.19. The monoisotopic (exact) mass is 437 g/mol. The number of amides is 3. The number of benzene rings is 1. The SMILES string of the molecule is COc1ccc(CCC(=O)NCCCNC(=O)CCNC(=O)OC(C)(C)C)cc1OC. The quantitative estimate of drug-likeness (QED) is 0.432. The highest BCUT2D eigenvalue weighted by Gasteiger charge is 2.15. The third-order valence-electron chi connectivity index (χ3n) is 4.11. The van der Waals surface area contributed by atoms with Gasteiger partial charge in [0.05, 0.1) is 14.2 Å². The summed E-state index contributed by atoms with van der Waals surface area (Å²) in [4.78, 5) is 35.2. The minimum absolute atomic E-state index is 0.0531. The lowest BCUT2D eigenvalue weighted by molar-refractivity contribution is -0.121. The summed E-state index contributed by atoms with van der Waals surface area (Å²) in [5.74, 6) is 1.06. The van der Waals surface area contributed by atoms with Crippen molar-refractivity contribution in [1.29, 1.82) is 0 Å². The van der Waals surface area contributed by atoms with E-state index in [-0.39, 0.29) is 24.8 Å². The van der Waals surface area contributed by atoms with Crippen LogP contribution in [0.3, 0.4) is 0 Å². The number of aryl methyl sites for hydroxylation is 1. The molecule has 0 aliphatic heterocycles. The molecule has 0 aliphatic rings. The van der Waals surface area contributed by atoms with Gasteiger partial charge in [-0.1, -0.05) is 6.07 Å². The molecule has 174 valence electrons. The van der Waals surface area contributed by atoms with E-state index in [9.17, 15) is 14.4 Å². The Bertz CT molecular complexity index is 730. The van der Waals surface area contributed by atoms with E-state index >= 15 is 0 Å². The molecule has 0 fully saturated rings. The molecule has 31 heavy (non-hydrogen) atoms. The Morgan fingerprint density at radius 2 is 1.45 bits per heavy atom. The van der Waals surface area contributed by atoms with E-state index in [2.05, 4.69) is 16.0 Å². The van der Waals surface area contributed by atoms with Gasteiger partial charge in [-0.3, -0.25) is 9.59 Å². The fourth-order valence-corrected chi connectivity index (χ4v) is 2.61.